The Morgan fingerprint density at radius 3 is 2.68 bits per heavy atom. The second kappa shape index (κ2) is 7.49. The number of alkyl halides is 3. The summed E-state index contributed by atoms with van der Waals surface area (Å²) in [5, 5.41) is 13.8. The molecule has 0 radical (unpaired) electrons. The van der Waals surface area contributed by atoms with E-state index in [9.17, 15) is 18.3 Å². The van der Waals surface area contributed by atoms with Gasteiger partial charge in [-0.3, -0.25) is 4.90 Å². The summed E-state index contributed by atoms with van der Waals surface area (Å²) in [6.45, 7) is 5.25. The van der Waals surface area contributed by atoms with Crippen molar-refractivity contribution < 1.29 is 23.0 Å². The Kier molecular flexibility index (Phi) is 5.52. The van der Waals surface area contributed by atoms with Gasteiger partial charge in [-0.1, -0.05) is 6.07 Å². The second-order valence-corrected chi connectivity index (χ2v) is 6.76. The van der Waals surface area contributed by atoms with Crippen LogP contribution in [0.3, 0.4) is 0 Å². The lowest BCUT2D eigenvalue weighted by Gasteiger charge is -2.40. The van der Waals surface area contributed by atoms with Crippen molar-refractivity contribution in [3.63, 3.8) is 0 Å². The van der Waals surface area contributed by atoms with E-state index >= 15 is 0 Å². The average molecular weight is 359 g/mol. The molecule has 0 unspecified atom stereocenters. The van der Waals surface area contributed by atoms with Crippen LogP contribution in [0.15, 0.2) is 24.3 Å². The van der Waals surface area contributed by atoms with Gasteiger partial charge in [0.25, 0.3) is 0 Å². The Hall–Kier alpha value is -1.35. The Balaban J connectivity index is 1.57. The van der Waals surface area contributed by atoms with Gasteiger partial charge in [0.2, 0.25) is 0 Å². The van der Waals surface area contributed by atoms with Crippen LogP contribution in [0.2, 0.25) is 0 Å². The maximum Gasteiger partial charge on any atom is 0.416 e. The molecule has 2 aliphatic rings. The number of piperazine rings is 1. The van der Waals surface area contributed by atoms with Crippen molar-refractivity contribution in [2.45, 2.75) is 11.8 Å². The summed E-state index contributed by atoms with van der Waals surface area (Å²) >= 11 is 0. The summed E-state index contributed by atoms with van der Waals surface area (Å²) < 4.78 is 44.0. The third-order valence-corrected chi connectivity index (χ3v) is 4.68. The van der Waals surface area contributed by atoms with Crippen molar-refractivity contribution in [3.8, 4) is 0 Å². The molecule has 0 aromatic heterocycles. The van der Waals surface area contributed by atoms with E-state index in [-0.39, 0.29) is 0 Å². The Morgan fingerprint density at radius 1 is 1.20 bits per heavy atom. The lowest BCUT2D eigenvalue weighted by atomic mass is 10.0. The first-order chi connectivity index (χ1) is 11.9. The van der Waals surface area contributed by atoms with Gasteiger partial charge in [0.1, 0.15) is 5.60 Å². The Morgan fingerprint density at radius 2 is 1.96 bits per heavy atom. The molecule has 1 aromatic carbocycles. The van der Waals surface area contributed by atoms with E-state index in [0.717, 1.165) is 12.6 Å². The quantitative estimate of drug-likeness (QED) is 0.849. The molecule has 3 rings (SSSR count). The number of aliphatic hydroxyl groups is 1. The minimum absolute atomic E-state index is 0.299. The third-order valence-electron chi connectivity index (χ3n) is 4.68. The first-order valence-corrected chi connectivity index (χ1v) is 8.51. The maximum absolute atomic E-state index is 12.9. The van der Waals surface area contributed by atoms with E-state index in [4.69, 9.17) is 4.74 Å². The molecule has 1 aromatic rings. The molecule has 8 heteroatoms. The molecule has 0 bridgehead atoms. The maximum atomic E-state index is 12.9. The zero-order chi connectivity index (χ0) is 17.9. The van der Waals surface area contributed by atoms with E-state index < -0.39 is 17.3 Å². The number of nitrogens with one attached hydrogen (secondary N) is 1. The van der Waals surface area contributed by atoms with Crippen molar-refractivity contribution in [2.24, 2.45) is 0 Å². The molecule has 2 fully saturated rings. The fourth-order valence-corrected chi connectivity index (χ4v) is 3.34. The van der Waals surface area contributed by atoms with E-state index in [1.165, 1.54) is 12.1 Å². The zero-order valence-electron chi connectivity index (χ0n) is 14.1. The number of nitrogens with zero attached hydrogens (tertiary/aromatic N) is 2. The highest BCUT2D eigenvalue weighted by Crippen LogP contribution is 2.31. The number of hydrogen-bond donors (Lipinski definition) is 2. The van der Waals surface area contributed by atoms with Gasteiger partial charge in [-0.2, -0.15) is 13.2 Å². The summed E-state index contributed by atoms with van der Waals surface area (Å²) in [4.78, 5) is 4.10. The number of anilines is 1. The summed E-state index contributed by atoms with van der Waals surface area (Å²) in [6, 6.07) is 5.45. The number of β-amino-alcohol motifs (C(OH)–C–C–N with tert-alkyl or cyclic N) is 1. The van der Waals surface area contributed by atoms with Crippen molar-refractivity contribution in [1.29, 1.82) is 0 Å². The fourth-order valence-electron chi connectivity index (χ4n) is 3.34. The van der Waals surface area contributed by atoms with Crippen molar-refractivity contribution in [2.75, 3.05) is 63.9 Å². The summed E-state index contributed by atoms with van der Waals surface area (Å²) in [7, 11) is 0. The minimum atomic E-state index is -4.33. The highest BCUT2D eigenvalue weighted by Gasteiger charge is 2.33. The molecule has 140 valence electrons. The van der Waals surface area contributed by atoms with Crippen LogP contribution in [-0.2, 0) is 10.9 Å². The van der Waals surface area contributed by atoms with Gasteiger partial charge in [-0.25, -0.2) is 0 Å². The largest absolute Gasteiger partial charge is 0.416 e. The zero-order valence-corrected chi connectivity index (χ0v) is 14.1. The number of rotatable bonds is 3. The van der Waals surface area contributed by atoms with Crippen LogP contribution in [0.4, 0.5) is 18.9 Å². The fraction of sp³-hybridized carbons (Fsp3) is 0.647. The average Bonchev–Trinajstić information content (AvgIpc) is 2.79. The van der Waals surface area contributed by atoms with Crippen LogP contribution in [0.25, 0.3) is 0 Å². The van der Waals surface area contributed by atoms with Gasteiger partial charge in [0.05, 0.1) is 18.8 Å². The molecule has 0 saturated carbocycles. The predicted octanol–water partition coefficient (Wildman–Crippen LogP) is 1.18. The van der Waals surface area contributed by atoms with E-state index in [2.05, 4.69) is 10.2 Å². The number of hydrogen-bond acceptors (Lipinski definition) is 5. The summed E-state index contributed by atoms with van der Waals surface area (Å²) in [5.41, 5.74) is -0.953. The standard InChI is InChI=1S/C17H24F3N3O2/c18-17(19,20)14-2-1-3-15(10-14)23-7-5-22(6-8-23)12-16(24)11-21-4-9-25-13-16/h1-3,10,21,24H,4-9,11-13H2/t16-/m1/s1. The monoisotopic (exact) mass is 359 g/mol. The Bertz CT molecular complexity index is 567. The molecule has 5 nitrogen and oxygen atoms in total. The minimum Gasteiger partial charge on any atom is -0.385 e. The van der Waals surface area contributed by atoms with Crippen molar-refractivity contribution in [3.05, 3.63) is 29.8 Å². The van der Waals surface area contributed by atoms with Crippen LogP contribution in [0.1, 0.15) is 5.56 Å². The summed E-state index contributed by atoms with van der Waals surface area (Å²) in [5.74, 6) is 0. The van der Waals surface area contributed by atoms with Crippen LogP contribution in [-0.4, -0.2) is 74.6 Å². The highest BCUT2D eigenvalue weighted by atomic mass is 19.4. The van der Waals surface area contributed by atoms with Crippen molar-refractivity contribution >= 4 is 5.69 Å². The van der Waals surface area contributed by atoms with Crippen LogP contribution in [0, 0.1) is 0 Å². The molecule has 2 N–H and O–H groups in total. The van der Waals surface area contributed by atoms with Crippen LogP contribution < -0.4 is 10.2 Å². The van der Waals surface area contributed by atoms with Gasteiger partial charge >= 0.3 is 6.18 Å². The van der Waals surface area contributed by atoms with Gasteiger partial charge in [0, 0.05) is 51.5 Å². The SMILES string of the molecule is O[C@@]1(CN2CCN(c3cccc(C(F)(F)F)c3)CC2)CNCCOC1. The van der Waals surface area contributed by atoms with Gasteiger partial charge in [0.15, 0.2) is 0 Å². The first-order valence-electron chi connectivity index (χ1n) is 8.51. The molecular weight excluding hydrogens is 335 g/mol. The molecule has 0 amide bonds. The highest BCUT2D eigenvalue weighted by molar-refractivity contribution is 5.49. The van der Waals surface area contributed by atoms with Gasteiger partial charge in [-0.05, 0) is 18.2 Å². The first kappa shape index (κ1) is 18.4. The van der Waals surface area contributed by atoms with E-state index in [1.54, 1.807) is 6.07 Å². The summed E-state index contributed by atoms with van der Waals surface area (Å²) in [6.07, 6.45) is -4.33. The topological polar surface area (TPSA) is 48.0 Å². The molecule has 2 heterocycles. The molecule has 0 spiro atoms. The number of halogens is 3. The predicted molar refractivity (Wildman–Crippen MR) is 88.7 cm³/mol. The second-order valence-electron chi connectivity index (χ2n) is 6.76. The molecule has 2 saturated heterocycles. The molecule has 1 atom stereocenters. The molecule has 25 heavy (non-hydrogen) atoms. The van der Waals surface area contributed by atoms with Crippen LogP contribution >= 0.6 is 0 Å². The lowest BCUT2D eigenvalue weighted by Crippen LogP contribution is -2.56. The van der Waals surface area contributed by atoms with E-state index in [1.807, 2.05) is 4.90 Å². The smallest absolute Gasteiger partial charge is 0.385 e. The number of ether oxygens (including phenoxy) is 1. The normalized spacial score (nSPS) is 26.5. The lowest BCUT2D eigenvalue weighted by molar-refractivity contribution is -0.137. The van der Waals surface area contributed by atoms with Gasteiger partial charge in [-0.15, -0.1) is 0 Å². The molecular formula is C17H24F3N3O2. The number of benzene rings is 1. The van der Waals surface area contributed by atoms with Gasteiger partial charge < -0.3 is 20.1 Å². The third kappa shape index (κ3) is 4.84. The molecule has 2 aliphatic heterocycles. The Labute approximate surface area is 145 Å². The molecule has 0 aliphatic carbocycles. The van der Waals surface area contributed by atoms with Crippen molar-refractivity contribution in [1.82, 2.24) is 10.2 Å². The van der Waals surface area contributed by atoms with Crippen LogP contribution in [0.5, 0.6) is 0 Å². The van der Waals surface area contributed by atoms with E-state index in [0.29, 0.717) is 58.2 Å².